The lowest BCUT2D eigenvalue weighted by molar-refractivity contribution is 0.413. The molecule has 1 aromatic heterocycles. The van der Waals surface area contributed by atoms with Crippen LogP contribution >= 0.6 is 0 Å². The summed E-state index contributed by atoms with van der Waals surface area (Å²) < 4.78 is 26.4. The van der Waals surface area contributed by atoms with Crippen molar-refractivity contribution in [3.63, 3.8) is 0 Å². The summed E-state index contributed by atoms with van der Waals surface area (Å²) in [6, 6.07) is 0.215. The van der Waals surface area contributed by atoms with E-state index >= 15 is 0 Å². The minimum Gasteiger partial charge on any atom is -0.310 e. The second-order valence-electron chi connectivity index (χ2n) is 5.49. The third-order valence-electron chi connectivity index (χ3n) is 3.85. The number of nitrogens with one attached hydrogen (secondary N) is 1. The Morgan fingerprint density at radius 2 is 2.00 bits per heavy atom. The summed E-state index contributed by atoms with van der Waals surface area (Å²) in [5, 5.41) is 7.87. The fourth-order valence-corrected chi connectivity index (χ4v) is 3.58. The van der Waals surface area contributed by atoms with Crippen molar-refractivity contribution >= 4 is 10.0 Å². The molecule has 0 aliphatic rings. The summed E-state index contributed by atoms with van der Waals surface area (Å²) in [5.41, 5.74) is 3.44. The third kappa shape index (κ3) is 4.79. The molecular formula is C14H28N4O2S. The number of rotatable bonds is 8. The molecule has 0 saturated carbocycles. The summed E-state index contributed by atoms with van der Waals surface area (Å²) >= 11 is 0. The fraction of sp³-hybridized carbons (Fsp3) is 0.786. The molecule has 7 heteroatoms. The first kappa shape index (κ1) is 18.1. The minimum absolute atomic E-state index is 0.215. The third-order valence-corrected chi connectivity index (χ3v) is 5.23. The first-order valence-corrected chi connectivity index (χ1v) is 9.21. The molecule has 0 aromatic carbocycles. The van der Waals surface area contributed by atoms with Crippen LogP contribution in [0.3, 0.4) is 0 Å². The number of aromatic nitrogens is 2. The van der Waals surface area contributed by atoms with Gasteiger partial charge in [0.1, 0.15) is 0 Å². The Bertz CT molecular complexity index is 566. The van der Waals surface area contributed by atoms with Gasteiger partial charge in [0.05, 0.1) is 11.9 Å². The largest absolute Gasteiger partial charge is 0.310 e. The van der Waals surface area contributed by atoms with E-state index in [-0.39, 0.29) is 6.04 Å². The van der Waals surface area contributed by atoms with Crippen LogP contribution in [0.4, 0.5) is 0 Å². The molecular weight excluding hydrogens is 288 g/mol. The van der Waals surface area contributed by atoms with Crippen molar-refractivity contribution in [3.8, 4) is 0 Å². The first-order valence-electron chi connectivity index (χ1n) is 7.37. The summed E-state index contributed by atoms with van der Waals surface area (Å²) in [4.78, 5) is 0. The Labute approximate surface area is 128 Å². The minimum atomic E-state index is -3.09. The summed E-state index contributed by atoms with van der Waals surface area (Å²) in [6.45, 7) is 9.92. The van der Waals surface area contributed by atoms with E-state index in [2.05, 4.69) is 24.3 Å². The van der Waals surface area contributed by atoms with Gasteiger partial charge in [-0.25, -0.2) is 12.7 Å². The fourth-order valence-electron chi connectivity index (χ4n) is 2.65. The lowest BCUT2D eigenvalue weighted by Gasteiger charge is -2.19. The molecule has 1 N–H and O–H groups in total. The van der Waals surface area contributed by atoms with Crippen LogP contribution < -0.4 is 5.32 Å². The number of sulfonamides is 1. The molecule has 1 rings (SSSR count). The molecule has 0 aliphatic heterocycles. The monoisotopic (exact) mass is 316 g/mol. The molecule has 6 nitrogen and oxygen atoms in total. The SMILES string of the molecule is CCN(CCCNC(C)c1c(C)nn(C)c1C)S(C)(=O)=O. The molecule has 0 bridgehead atoms. The second-order valence-corrected chi connectivity index (χ2v) is 7.47. The predicted molar refractivity (Wildman–Crippen MR) is 85.8 cm³/mol. The highest BCUT2D eigenvalue weighted by atomic mass is 32.2. The van der Waals surface area contributed by atoms with Crippen molar-refractivity contribution in [3.05, 3.63) is 17.0 Å². The zero-order valence-corrected chi connectivity index (χ0v) is 14.8. The molecule has 21 heavy (non-hydrogen) atoms. The van der Waals surface area contributed by atoms with E-state index in [0.717, 1.165) is 18.7 Å². The Hall–Kier alpha value is -0.920. The highest BCUT2D eigenvalue weighted by Gasteiger charge is 2.16. The lowest BCUT2D eigenvalue weighted by atomic mass is 10.1. The molecule has 0 spiro atoms. The van der Waals surface area contributed by atoms with Crippen molar-refractivity contribution in [1.82, 2.24) is 19.4 Å². The van der Waals surface area contributed by atoms with Gasteiger partial charge in [0.25, 0.3) is 0 Å². The maximum atomic E-state index is 11.5. The molecule has 1 heterocycles. The highest BCUT2D eigenvalue weighted by Crippen LogP contribution is 2.20. The van der Waals surface area contributed by atoms with Gasteiger partial charge < -0.3 is 5.32 Å². The normalized spacial score (nSPS) is 13.9. The molecule has 1 unspecified atom stereocenters. The average molecular weight is 316 g/mol. The van der Waals surface area contributed by atoms with Crippen LogP contribution in [0.1, 0.15) is 43.3 Å². The number of aryl methyl sites for hydroxylation is 2. The molecule has 0 amide bonds. The topological polar surface area (TPSA) is 67.2 Å². The number of hydrogen-bond donors (Lipinski definition) is 1. The van der Waals surface area contributed by atoms with Gasteiger partial charge in [0, 0.05) is 37.4 Å². The Morgan fingerprint density at radius 1 is 1.38 bits per heavy atom. The van der Waals surface area contributed by atoms with Crippen LogP contribution in [0.25, 0.3) is 0 Å². The van der Waals surface area contributed by atoms with Crippen LogP contribution in [0.2, 0.25) is 0 Å². The van der Waals surface area contributed by atoms with E-state index < -0.39 is 10.0 Å². The molecule has 0 aliphatic carbocycles. The van der Waals surface area contributed by atoms with Crippen molar-refractivity contribution < 1.29 is 8.42 Å². The summed E-state index contributed by atoms with van der Waals surface area (Å²) in [7, 11) is -1.14. The van der Waals surface area contributed by atoms with Gasteiger partial charge in [-0.2, -0.15) is 5.10 Å². The van der Waals surface area contributed by atoms with Crippen LogP contribution in [-0.2, 0) is 17.1 Å². The van der Waals surface area contributed by atoms with E-state index in [1.54, 1.807) is 0 Å². The molecule has 0 fully saturated rings. The molecule has 122 valence electrons. The van der Waals surface area contributed by atoms with E-state index in [9.17, 15) is 8.42 Å². The molecule has 0 saturated heterocycles. The maximum absolute atomic E-state index is 11.5. The van der Waals surface area contributed by atoms with Crippen molar-refractivity contribution in [2.45, 2.75) is 40.2 Å². The quantitative estimate of drug-likeness (QED) is 0.735. The van der Waals surface area contributed by atoms with E-state index in [1.807, 2.05) is 25.6 Å². The van der Waals surface area contributed by atoms with E-state index in [0.29, 0.717) is 13.1 Å². The summed E-state index contributed by atoms with van der Waals surface area (Å²) in [6.07, 6.45) is 2.05. The Balaban J connectivity index is 2.49. The van der Waals surface area contributed by atoms with Gasteiger partial charge in [0.2, 0.25) is 10.0 Å². The first-order chi connectivity index (χ1) is 9.68. The van der Waals surface area contributed by atoms with Gasteiger partial charge in [-0.05, 0) is 33.7 Å². The van der Waals surface area contributed by atoms with Crippen molar-refractivity contribution in [1.29, 1.82) is 0 Å². The Morgan fingerprint density at radius 3 is 2.43 bits per heavy atom. The van der Waals surface area contributed by atoms with Crippen LogP contribution in [0.15, 0.2) is 0 Å². The second kappa shape index (κ2) is 7.38. The molecule has 1 atom stereocenters. The standard InChI is InChI=1S/C14H28N4O2S/c1-7-18(21(6,19)20)10-8-9-15-11(2)14-12(3)16-17(5)13(14)4/h11,15H,7-10H2,1-6H3. The van der Waals surface area contributed by atoms with Gasteiger partial charge in [-0.3, -0.25) is 4.68 Å². The van der Waals surface area contributed by atoms with E-state index in [1.165, 1.54) is 21.8 Å². The van der Waals surface area contributed by atoms with Crippen LogP contribution in [0.5, 0.6) is 0 Å². The maximum Gasteiger partial charge on any atom is 0.211 e. The highest BCUT2D eigenvalue weighted by molar-refractivity contribution is 7.88. The summed E-state index contributed by atoms with van der Waals surface area (Å²) in [5.74, 6) is 0. The van der Waals surface area contributed by atoms with E-state index in [4.69, 9.17) is 0 Å². The number of hydrogen-bond acceptors (Lipinski definition) is 4. The van der Waals surface area contributed by atoms with Crippen LogP contribution in [0, 0.1) is 13.8 Å². The lowest BCUT2D eigenvalue weighted by Crippen LogP contribution is -2.32. The van der Waals surface area contributed by atoms with Gasteiger partial charge >= 0.3 is 0 Å². The van der Waals surface area contributed by atoms with Gasteiger partial charge in [0.15, 0.2) is 0 Å². The molecule has 0 radical (unpaired) electrons. The van der Waals surface area contributed by atoms with Crippen LogP contribution in [-0.4, -0.2) is 48.4 Å². The Kier molecular flexibility index (Phi) is 6.37. The van der Waals surface area contributed by atoms with Gasteiger partial charge in [-0.15, -0.1) is 0 Å². The smallest absolute Gasteiger partial charge is 0.211 e. The van der Waals surface area contributed by atoms with Crippen molar-refractivity contribution in [2.24, 2.45) is 7.05 Å². The zero-order valence-electron chi connectivity index (χ0n) is 14.0. The average Bonchev–Trinajstić information content (AvgIpc) is 2.61. The molecule has 1 aromatic rings. The van der Waals surface area contributed by atoms with Crippen molar-refractivity contribution in [2.75, 3.05) is 25.9 Å². The van der Waals surface area contributed by atoms with Gasteiger partial charge in [-0.1, -0.05) is 6.92 Å². The zero-order chi connectivity index (χ0) is 16.2. The number of nitrogens with zero attached hydrogens (tertiary/aromatic N) is 3. The predicted octanol–water partition coefficient (Wildman–Crippen LogP) is 1.36.